The summed E-state index contributed by atoms with van der Waals surface area (Å²) in [5.41, 5.74) is 2.03. The Morgan fingerprint density at radius 2 is 1.50 bits per heavy atom. The van der Waals surface area contributed by atoms with Gasteiger partial charge in [-0.1, -0.05) is 92.8 Å². The lowest BCUT2D eigenvalue weighted by Crippen LogP contribution is -2.27. The molecule has 5 heteroatoms. The van der Waals surface area contributed by atoms with E-state index in [1.807, 2.05) is 32.9 Å². The van der Waals surface area contributed by atoms with Crippen molar-refractivity contribution >= 4 is 22.4 Å². The Balaban J connectivity index is 1.81. The van der Waals surface area contributed by atoms with Gasteiger partial charge in [0.05, 0.1) is 0 Å². The third-order valence-corrected chi connectivity index (χ3v) is 5.01. The highest BCUT2D eigenvalue weighted by atomic mass is 32.1. The topological polar surface area (TPSA) is 54.9 Å². The highest BCUT2D eigenvalue weighted by molar-refractivity contribution is 7.15. The van der Waals surface area contributed by atoms with E-state index in [9.17, 15) is 4.79 Å². The highest BCUT2D eigenvalue weighted by Gasteiger charge is 2.23. The molecule has 0 spiro atoms. The SMILES string of the molecule is CC(C)(C)C(=O)Nc1nnc(CC(c2ccccc2)c2ccccc2)s1. The van der Waals surface area contributed by atoms with E-state index in [1.54, 1.807) is 0 Å². The second-order valence-corrected chi connectivity index (χ2v) is 8.35. The minimum Gasteiger partial charge on any atom is -0.300 e. The zero-order valence-corrected chi connectivity index (χ0v) is 16.1. The highest BCUT2D eigenvalue weighted by Crippen LogP contribution is 2.30. The van der Waals surface area contributed by atoms with Crippen LogP contribution < -0.4 is 5.32 Å². The van der Waals surface area contributed by atoms with Gasteiger partial charge in [0.15, 0.2) is 0 Å². The fourth-order valence-electron chi connectivity index (χ4n) is 2.64. The van der Waals surface area contributed by atoms with E-state index in [4.69, 9.17) is 0 Å². The molecule has 26 heavy (non-hydrogen) atoms. The average molecular weight is 366 g/mol. The maximum absolute atomic E-state index is 12.1. The largest absolute Gasteiger partial charge is 0.300 e. The number of nitrogens with zero attached hydrogens (tertiary/aromatic N) is 2. The Morgan fingerprint density at radius 1 is 0.962 bits per heavy atom. The third-order valence-electron chi connectivity index (χ3n) is 4.15. The number of benzene rings is 2. The smallest absolute Gasteiger partial charge is 0.231 e. The Bertz CT molecular complexity index is 814. The lowest BCUT2D eigenvalue weighted by atomic mass is 9.89. The molecule has 4 nitrogen and oxygen atoms in total. The first-order valence-corrected chi connectivity index (χ1v) is 9.49. The Labute approximate surface area is 158 Å². The molecule has 3 aromatic rings. The van der Waals surface area contributed by atoms with E-state index < -0.39 is 5.41 Å². The number of carbonyl (C=O) groups excluding carboxylic acids is 1. The number of rotatable bonds is 5. The van der Waals surface area contributed by atoms with E-state index in [1.165, 1.54) is 22.5 Å². The van der Waals surface area contributed by atoms with Gasteiger partial charge in [-0.3, -0.25) is 4.79 Å². The van der Waals surface area contributed by atoms with Crippen LogP contribution in [0.5, 0.6) is 0 Å². The molecule has 0 unspecified atom stereocenters. The van der Waals surface area contributed by atoms with Crippen LogP contribution in [0, 0.1) is 5.41 Å². The monoisotopic (exact) mass is 365 g/mol. The third kappa shape index (κ3) is 4.55. The summed E-state index contributed by atoms with van der Waals surface area (Å²) in [5, 5.41) is 12.8. The molecule has 1 aromatic heterocycles. The second-order valence-electron chi connectivity index (χ2n) is 7.28. The van der Waals surface area contributed by atoms with Crippen LogP contribution in [-0.2, 0) is 11.2 Å². The summed E-state index contributed by atoms with van der Waals surface area (Å²) in [6, 6.07) is 20.8. The van der Waals surface area contributed by atoms with Crippen LogP contribution in [0.25, 0.3) is 0 Å². The Morgan fingerprint density at radius 3 is 2.00 bits per heavy atom. The van der Waals surface area contributed by atoms with E-state index in [2.05, 4.69) is 64.0 Å². The summed E-state index contributed by atoms with van der Waals surface area (Å²) >= 11 is 1.44. The van der Waals surface area contributed by atoms with Gasteiger partial charge in [-0.2, -0.15) is 0 Å². The van der Waals surface area contributed by atoms with Gasteiger partial charge < -0.3 is 5.32 Å². The summed E-state index contributed by atoms with van der Waals surface area (Å²) in [6.07, 6.45) is 0.747. The molecular formula is C21H23N3OS. The van der Waals surface area contributed by atoms with Crippen LogP contribution in [-0.4, -0.2) is 16.1 Å². The Hall–Kier alpha value is -2.53. The predicted octanol–water partition coefficient (Wildman–Crippen LogP) is 4.90. The van der Waals surface area contributed by atoms with Crippen LogP contribution in [0.4, 0.5) is 5.13 Å². The van der Waals surface area contributed by atoms with Gasteiger partial charge in [-0.25, -0.2) is 0 Å². The molecule has 0 radical (unpaired) electrons. The van der Waals surface area contributed by atoms with Gasteiger partial charge in [-0.15, -0.1) is 10.2 Å². The maximum Gasteiger partial charge on any atom is 0.231 e. The van der Waals surface area contributed by atoms with Crippen molar-refractivity contribution in [3.63, 3.8) is 0 Å². The van der Waals surface area contributed by atoms with Crippen molar-refractivity contribution in [3.05, 3.63) is 76.8 Å². The summed E-state index contributed by atoms with van der Waals surface area (Å²) < 4.78 is 0. The fourth-order valence-corrected chi connectivity index (χ4v) is 3.42. The summed E-state index contributed by atoms with van der Waals surface area (Å²) in [6.45, 7) is 5.64. The van der Waals surface area contributed by atoms with Gasteiger partial charge in [0.1, 0.15) is 5.01 Å². The van der Waals surface area contributed by atoms with Crippen molar-refractivity contribution in [2.75, 3.05) is 5.32 Å². The Kier molecular flexibility index (Phi) is 5.47. The first-order chi connectivity index (χ1) is 12.4. The molecule has 2 aromatic carbocycles. The molecule has 134 valence electrons. The van der Waals surface area contributed by atoms with Gasteiger partial charge in [0, 0.05) is 17.8 Å². The number of amides is 1. The van der Waals surface area contributed by atoms with Gasteiger partial charge in [-0.05, 0) is 11.1 Å². The molecule has 0 saturated carbocycles. The number of hydrogen-bond acceptors (Lipinski definition) is 4. The van der Waals surface area contributed by atoms with Crippen LogP contribution >= 0.6 is 11.3 Å². The maximum atomic E-state index is 12.1. The molecule has 1 heterocycles. The van der Waals surface area contributed by atoms with Crippen LogP contribution in [0.1, 0.15) is 42.8 Å². The molecule has 3 rings (SSSR count). The van der Waals surface area contributed by atoms with Crippen molar-refractivity contribution < 1.29 is 4.79 Å². The molecule has 0 atom stereocenters. The molecular weight excluding hydrogens is 342 g/mol. The normalized spacial score (nSPS) is 11.5. The lowest BCUT2D eigenvalue weighted by Gasteiger charge is -2.16. The first kappa shape index (κ1) is 18.3. The molecule has 0 aliphatic rings. The summed E-state index contributed by atoms with van der Waals surface area (Å²) in [7, 11) is 0. The number of aromatic nitrogens is 2. The molecule has 0 saturated heterocycles. The van der Waals surface area contributed by atoms with Gasteiger partial charge in [0.25, 0.3) is 0 Å². The quantitative estimate of drug-likeness (QED) is 0.700. The predicted molar refractivity (Wildman–Crippen MR) is 106 cm³/mol. The first-order valence-electron chi connectivity index (χ1n) is 8.67. The van der Waals surface area contributed by atoms with Crippen molar-refractivity contribution in [1.29, 1.82) is 0 Å². The summed E-state index contributed by atoms with van der Waals surface area (Å²) in [5.74, 6) is 0.152. The zero-order chi connectivity index (χ0) is 18.6. The van der Waals surface area contributed by atoms with Crippen LogP contribution in [0.2, 0.25) is 0 Å². The van der Waals surface area contributed by atoms with E-state index in [0.717, 1.165) is 11.4 Å². The number of hydrogen-bond donors (Lipinski definition) is 1. The van der Waals surface area contributed by atoms with Crippen LogP contribution in [0.15, 0.2) is 60.7 Å². The minimum absolute atomic E-state index is 0.0529. The average Bonchev–Trinajstić information content (AvgIpc) is 3.07. The van der Waals surface area contributed by atoms with E-state index in [0.29, 0.717) is 5.13 Å². The zero-order valence-electron chi connectivity index (χ0n) is 15.3. The molecule has 0 aliphatic carbocycles. The van der Waals surface area contributed by atoms with Crippen molar-refractivity contribution in [2.45, 2.75) is 33.1 Å². The molecule has 0 fully saturated rings. The molecule has 0 aliphatic heterocycles. The van der Waals surface area contributed by atoms with Gasteiger partial charge >= 0.3 is 0 Å². The number of anilines is 1. The van der Waals surface area contributed by atoms with Crippen molar-refractivity contribution in [1.82, 2.24) is 10.2 Å². The molecule has 1 N–H and O–H groups in total. The van der Waals surface area contributed by atoms with Crippen molar-refractivity contribution in [2.24, 2.45) is 5.41 Å². The minimum atomic E-state index is -0.456. The van der Waals surface area contributed by atoms with Crippen molar-refractivity contribution in [3.8, 4) is 0 Å². The second kappa shape index (κ2) is 7.79. The van der Waals surface area contributed by atoms with E-state index in [-0.39, 0.29) is 11.8 Å². The number of nitrogens with one attached hydrogen (secondary N) is 1. The summed E-state index contributed by atoms with van der Waals surface area (Å²) in [4.78, 5) is 12.1. The molecule has 0 bridgehead atoms. The standard InChI is InChI=1S/C21H23N3OS/c1-21(2,3)19(25)22-20-24-23-18(26-20)14-17(15-10-6-4-7-11-15)16-12-8-5-9-13-16/h4-13,17H,14H2,1-3H3,(H,22,24,25). The van der Waals surface area contributed by atoms with Gasteiger partial charge in [0.2, 0.25) is 11.0 Å². The number of carbonyl (C=O) groups is 1. The lowest BCUT2D eigenvalue weighted by molar-refractivity contribution is -0.123. The molecule has 1 amide bonds. The van der Waals surface area contributed by atoms with Crippen LogP contribution in [0.3, 0.4) is 0 Å². The van der Waals surface area contributed by atoms with E-state index >= 15 is 0 Å². The fraction of sp³-hybridized carbons (Fsp3) is 0.286.